The van der Waals surface area contributed by atoms with Crippen LogP contribution in [-0.2, 0) is 0 Å². The Labute approximate surface area is 139 Å². The zero-order chi connectivity index (χ0) is 16.3. The van der Waals surface area contributed by atoms with Crippen molar-refractivity contribution in [1.82, 2.24) is 15.3 Å². The fraction of sp³-hybridized carbons (Fsp3) is 0.267. The molecule has 0 fully saturated rings. The summed E-state index contributed by atoms with van der Waals surface area (Å²) >= 11 is 12.1. The highest BCUT2D eigenvalue weighted by Gasteiger charge is 2.13. The Bertz CT molecular complexity index is 704. The van der Waals surface area contributed by atoms with Crippen molar-refractivity contribution < 1.29 is 4.79 Å². The second-order valence-corrected chi connectivity index (χ2v) is 5.86. The molecular formula is C15H16Cl2N4O. The Hall–Kier alpha value is -1.85. The summed E-state index contributed by atoms with van der Waals surface area (Å²) in [5, 5.41) is 6.58. The van der Waals surface area contributed by atoms with Crippen LogP contribution < -0.4 is 10.6 Å². The van der Waals surface area contributed by atoms with Gasteiger partial charge in [-0.15, -0.1) is 0 Å². The molecule has 116 valence electrons. The van der Waals surface area contributed by atoms with E-state index in [0.717, 1.165) is 0 Å². The van der Waals surface area contributed by atoms with Gasteiger partial charge >= 0.3 is 0 Å². The molecule has 5 nitrogen and oxygen atoms in total. The van der Waals surface area contributed by atoms with E-state index < -0.39 is 0 Å². The summed E-state index contributed by atoms with van der Waals surface area (Å²) in [7, 11) is 0. The molecule has 0 aliphatic carbocycles. The normalized spacial score (nSPS) is 10.6. The highest BCUT2D eigenvalue weighted by Crippen LogP contribution is 2.30. The van der Waals surface area contributed by atoms with E-state index in [4.69, 9.17) is 23.2 Å². The molecule has 1 aromatic heterocycles. The van der Waals surface area contributed by atoms with Crippen LogP contribution >= 0.6 is 23.2 Å². The van der Waals surface area contributed by atoms with Gasteiger partial charge in [0.2, 0.25) is 5.95 Å². The molecule has 0 radical (unpaired) electrons. The van der Waals surface area contributed by atoms with E-state index in [1.165, 1.54) is 0 Å². The van der Waals surface area contributed by atoms with Crippen LogP contribution in [0.3, 0.4) is 0 Å². The number of nitrogens with one attached hydrogen (secondary N) is 2. The molecule has 0 atom stereocenters. The van der Waals surface area contributed by atoms with Gasteiger partial charge in [-0.2, -0.15) is 0 Å². The van der Waals surface area contributed by atoms with Crippen LogP contribution in [0, 0.1) is 6.92 Å². The van der Waals surface area contributed by atoms with Gasteiger partial charge in [0.1, 0.15) is 5.69 Å². The number of nitrogens with zero attached hydrogens (tertiary/aromatic N) is 2. The Morgan fingerprint density at radius 3 is 2.64 bits per heavy atom. The molecule has 0 saturated carbocycles. The number of carbonyl (C=O) groups excluding carboxylic acids is 1. The lowest BCUT2D eigenvalue weighted by Gasteiger charge is -2.11. The molecule has 0 aliphatic heterocycles. The summed E-state index contributed by atoms with van der Waals surface area (Å²) in [6.45, 7) is 5.56. The van der Waals surface area contributed by atoms with Crippen molar-refractivity contribution in [3.05, 3.63) is 45.7 Å². The van der Waals surface area contributed by atoms with Crippen molar-refractivity contribution in [3.63, 3.8) is 0 Å². The maximum atomic E-state index is 12.1. The summed E-state index contributed by atoms with van der Waals surface area (Å²) in [6, 6.07) is 6.87. The number of amides is 1. The van der Waals surface area contributed by atoms with Gasteiger partial charge in [-0.25, -0.2) is 9.97 Å². The Morgan fingerprint density at radius 2 is 1.95 bits per heavy atom. The molecule has 0 unspecified atom stereocenters. The summed E-state index contributed by atoms with van der Waals surface area (Å²) in [4.78, 5) is 20.5. The third kappa shape index (κ3) is 4.08. The van der Waals surface area contributed by atoms with Gasteiger partial charge < -0.3 is 10.6 Å². The fourth-order valence-corrected chi connectivity index (χ4v) is 2.15. The predicted molar refractivity (Wildman–Crippen MR) is 89.1 cm³/mol. The number of anilines is 2. The zero-order valence-corrected chi connectivity index (χ0v) is 14.0. The lowest BCUT2D eigenvalue weighted by Crippen LogP contribution is -2.31. The first kappa shape index (κ1) is 16.5. The first-order chi connectivity index (χ1) is 10.4. The average molecular weight is 339 g/mol. The van der Waals surface area contributed by atoms with E-state index in [9.17, 15) is 4.79 Å². The largest absolute Gasteiger partial charge is 0.349 e. The zero-order valence-electron chi connectivity index (χ0n) is 12.4. The van der Waals surface area contributed by atoms with Crippen molar-refractivity contribution in [2.24, 2.45) is 0 Å². The summed E-state index contributed by atoms with van der Waals surface area (Å²) in [6.07, 6.45) is 0. The van der Waals surface area contributed by atoms with Gasteiger partial charge in [-0.1, -0.05) is 29.3 Å². The van der Waals surface area contributed by atoms with Gasteiger partial charge in [0.25, 0.3) is 5.91 Å². The minimum atomic E-state index is -0.249. The Kier molecular flexibility index (Phi) is 5.21. The number of aryl methyl sites for hydroxylation is 1. The van der Waals surface area contributed by atoms with Gasteiger partial charge in [-0.3, -0.25) is 4.79 Å². The van der Waals surface area contributed by atoms with Gasteiger partial charge in [0, 0.05) is 11.7 Å². The maximum absolute atomic E-state index is 12.1. The smallest absolute Gasteiger partial charge is 0.270 e. The third-order valence-electron chi connectivity index (χ3n) is 2.70. The molecular weight excluding hydrogens is 323 g/mol. The average Bonchev–Trinajstić information content (AvgIpc) is 2.42. The van der Waals surface area contributed by atoms with E-state index in [2.05, 4.69) is 20.6 Å². The van der Waals surface area contributed by atoms with Crippen molar-refractivity contribution in [2.75, 3.05) is 5.32 Å². The molecule has 2 rings (SSSR count). The van der Waals surface area contributed by atoms with Crippen molar-refractivity contribution in [2.45, 2.75) is 26.8 Å². The molecule has 0 aliphatic rings. The van der Waals surface area contributed by atoms with Crippen LogP contribution in [-0.4, -0.2) is 21.9 Å². The molecule has 7 heteroatoms. The lowest BCUT2D eigenvalue weighted by atomic mass is 10.3. The standard InChI is InChI=1S/C15H16Cl2N4O/c1-8(2)18-14(22)12-7-9(3)19-15(21-12)20-11-6-4-5-10(16)13(11)17/h4-8H,1-3H3,(H,18,22)(H,19,20,21). The molecule has 22 heavy (non-hydrogen) atoms. The predicted octanol–water partition coefficient (Wildman–Crippen LogP) is 3.97. The molecule has 1 aromatic carbocycles. The molecule has 2 aromatic rings. The van der Waals surface area contributed by atoms with Crippen molar-refractivity contribution >= 4 is 40.7 Å². The molecule has 2 N–H and O–H groups in total. The number of rotatable bonds is 4. The first-order valence-electron chi connectivity index (χ1n) is 6.74. The second kappa shape index (κ2) is 6.94. The highest BCUT2D eigenvalue weighted by molar-refractivity contribution is 6.43. The van der Waals surface area contributed by atoms with Gasteiger partial charge in [-0.05, 0) is 39.0 Å². The second-order valence-electron chi connectivity index (χ2n) is 5.07. The molecule has 0 saturated heterocycles. The topological polar surface area (TPSA) is 66.9 Å². The first-order valence-corrected chi connectivity index (χ1v) is 7.50. The van der Waals surface area contributed by atoms with Crippen LogP contribution in [0.4, 0.5) is 11.6 Å². The minimum Gasteiger partial charge on any atom is -0.349 e. The van der Waals surface area contributed by atoms with E-state index in [-0.39, 0.29) is 17.9 Å². The number of carbonyl (C=O) groups is 1. The summed E-state index contributed by atoms with van der Waals surface area (Å²) in [5.41, 5.74) is 1.54. The van der Waals surface area contributed by atoms with Gasteiger partial charge in [0.15, 0.2) is 0 Å². The van der Waals surface area contributed by atoms with Crippen LogP contribution in [0.1, 0.15) is 30.0 Å². The maximum Gasteiger partial charge on any atom is 0.270 e. The lowest BCUT2D eigenvalue weighted by molar-refractivity contribution is 0.0938. The Balaban J connectivity index is 2.30. The van der Waals surface area contributed by atoms with Crippen LogP contribution in [0.25, 0.3) is 0 Å². The van der Waals surface area contributed by atoms with Crippen molar-refractivity contribution in [3.8, 4) is 0 Å². The van der Waals surface area contributed by atoms with E-state index in [1.54, 1.807) is 31.2 Å². The number of hydrogen-bond donors (Lipinski definition) is 2. The quantitative estimate of drug-likeness (QED) is 0.884. The van der Waals surface area contributed by atoms with E-state index >= 15 is 0 Å². The Morgan fingerprint density at radius 1 is 1.23 bits per heavy atom. The number of aromatic nitrogens is 2. The van der Waals surface area contributed by atoms with Crippen LogP contribution in [0.5, 0.6) is 0 Å². The van der Waals surface area contributed by atoms with E-state index in [0.29, 0.717) is 27.1 Å². The SMILES string of the molecule is Cc1cc(C(=O)NC(C)C)nc(Nc2cccc(Cl)c2Cl)n1. The number of halogens is 2. The molecule has 1 heterocycles. The summed E-state index contributed by atoms with van der Waals surface area (Å²) in [5.74, 6) is 0.0406. The van der Waals surface area contributed by atoms with Crippen LogP contribution in [0.15, 0.2) is 24.3 Å². The molecule has 0 bridgehead atoms. The summed E-state index contributed by atoms with van der Waals surface area (Å²) < 4.78 is 0. The highest BCUT2D eigenvalue weighted by atomic mass is 35.5. The van der Waals surface area contributed by atoms with E-state index in [1.807, 2.05) is 13.8 Å². The van der Waals surface area contributed by atoms with Gasteiger partial charge in [0.05, 0.1) is 15.7 Å². The number of benzene rings is 1. The monoisotopic (exact) mass is 338 g/mol. The number of hydrogen-bond acceptors (Lipinski definition) is 4. The minimum absolute atomic E-state index is 0.0292. The van der Waals surface area contributed by atoms with Crippen LogP contribution in [0.2, 0.25) is 10.0 Å². The van der Waals surface area contributed by atoms with Crippen molar-refractivity contribution in [1.29, 1.82) is 0 Å². The third-order valence-corrected chi connectivity index (χ3v) is 3.52. The fourth-order valence-electron chi connectivity index (χ4n) is 1.80. The molecule has 0 spiro atoms. The molecule has 1 amide bonds.